The third-order valence-corrected chi connectivity index (χ3v) is 6.70. The average Bonchev–Trinajstić information content (AvgIpc) is 2.84. The summed E-state index contributed by atoms with van der Waals surface area (Å²) < 4.78 is 0. The van der Waals surface area contributed by atoms with E-state index in [2.05, 4.69) is 54.0 Å². The van der Waals surface area contributed by atoms with E-state index in [0.29, 0.717) is 17.5 Å². The zero-order valence-electron chi connectivity index (χ0n) is 20.1. The predicted molar refractivity (Wildman–Crippen MR) is 137 cm³/mol. The van der Waals surface area contributed by atoms with Crippen molar-refractivity contribution in [1.82, 2.24) is 14.7 Å². The minimum atomic E-state index is -0.521. The van der Waals surface area contributed by atoms with Crippen LogP contribution in [0, 0.1) is 0 Å². The van der Waals surface area contributed by atoms with Crippen molar-refractivity contribution >= 4 is 17.5 Å². The van der Waals surface area contributed by atoms with Crippen LogP contribution < -0.4 is 5.73 Å². The number of benzene rings is 2. The van der Waals surface area contributed by atoms with Gasteiger partial charge in [0, 0.05) is 43.8 Å². The van der Waals surface area contributed by atoms with Gasteiger partial charge >= 0.3 is 0 Å². The Morgan fingerprint density at radius 2 is 1.58 bits per heavy atom. The van der Waals surface area contributed by atoms with Crippen LogP contribution in [0.2, 0.25) is 5.02 Å². The first-order valence-electron chi connectivity index (χ1n) is 12.3. The SMILES string of the molecule is CCCN(CCC)CC(c1ccccc1)N1CCN(C(=O)C(N)Cc2ccc(Cl)cc2)CC1. The van der Waals surface area contributed by atoms with E-state index < -0.39 is 6.04 Å². The molecule has 33 heavy (non-hydrogen) atoms. The molecule has 0 aliphatic carbocycles. The second-order valence-corrected chi connectivity index (χ2v) is 9.46. The van der Waals surface area contributed by atoms with E-state index in [1.165, 1.54) is 5.56 Å². The highest BCUT2D eigenvalue weighted by atomic mass is 35.5. The van der Waals surface area contributed by atoms with Gasteiger partial charge in [-0.1, -0.05) is 67.9 Å². The summed E-state index contributed by atoms with van der Waals surface area (Å²) >= 11 is 5.97. The maximum Gasteiger partial charge on any atom is 0.239 e. The molecule has 1 heterocycles. The first-order valence-corrected chi connectivity index (χ1v) is 12.7. The number of nitrogens with zero attached hydrogens (tertiary/aromatic N) is 3. The van der Waals surface area contributed by atoms with Crippen molar-refractivity contribution < 1.29 is 4.79 Å². The Labute approximate surface area is 204 Å². The minimum Gasteiger partial charge on any atom is -0.339 e. The molecule has 2 atom stereocenters. The highest BCUT2D eigenvalue weighted by molar-refractivity contribution is 6.30. The maximum atomic E-state index is 13.0. The lowest BCUT2D eigenvalue weighted by Gasteiger charge is -2.41. The average molecular weight is 471 g/mol. The number of amides is 1. The second kappa shape index (κ2) is 13.1. The summed E-state index contributed by atoms with van der Waals surface area (Å²) in [5.41, 5.74) is 8.68. The molecule has 0 saturated carbocycles. The molecule has 0 aromatic heterocycles. The van der Waals surface area contributed by atoms with Crippen LogP contribution >= 0.6 is 11.6 Å². The number of nitrogens with two attached hydrogens (primary N) is 1. The number of carbonyl (C=O) groups is 1. The highest BCUT2D eigenvalue weighted by Crippen LogP contribution is 2.24. The van der Waals surface area contributed by atoms with Crippen molar-refractivity contribution in [2.24, 2.45) is 5.73 Å². The van der Waals surface area contributed by atoms with Gasteiger partial charge in [-0.2, -0.15) is 0 Å². The predicted octanol–water partition coefficient (Wildman–Crippen LogP) is 4.22. The lowest BCUT2D eigenvalue weighted by atomic mass is 10.0. The van der Waals surface area contributed by atoms with E-state index in [1.807, 2.05) is 29.2 Å². The van der Waals surface area contributed by atoms with E-state index in [0.717, 1.165) is 64.2 Å². The molecular weight excluding hydrogens is 432 g/mol. The van der Waals surface area contributed by atoms with Crippen molar-refractivity contribution in [3.8, 4) is 0 Å². The fraction of sp³-hybridized carbons (Fsp3) is 0.519. The zero-order chi connectivity index (χ0) is 23.6. The van der Waals surface area contributed by atoms with Gasteiger partial charge in [-0.3, -0.25) is 9.69 Å². The molecule has 0 radical (unpaired) electrons. The van der Waals surface area contributed by atoms with Crippen LogP contribution in [0.1, 0.15) is 43.9 Å². The molecule has 5 nitrogen and oxygen atoms in total. The Morgan fingerprint density at radius 1 is 0.970 bits per heavy atom. The van der Waals surface area contributed by atoms with Crippen LogP contribution in [-0.2, 0) is 11.2 Å². The van der Waals surface area contributed by atoms with Crippen molar-refractivity contribution in [2.45, 2.75) is 45.2 Å². The number of halogens is 1. The van der Waals surface area contributed by atoms with Gasteiger partial charge in [0.25, 0.3) is 0 Å². The Hall–Kier alpha value is -1.92. The van der Waals surface area contributed by atoms with Crippen LogP contribution in [0.5, 0.6) is 0 Å². The first-order chi connectivity index (χ1) is 16.0. The molecule has 1 aliphatic heterocycles. The monoisotopic (exact) mass is 470 g/mol. The number of piperazine rings is 1. The third kappa shape index (κ3) is 7.54. The standard InChI is InChI=1S/C27H39ClN4O/c1-3-14-30(15-4-2)21-26(23-8-6-5-7-9-23)31-16-18-32(19-17-31)27(33)25(29)20-22-10-12-24(28)13-11-22/h5-13,25-26H,3-4,14-21,29H2,1-2H3. The van der Waals surface area contributed by atoms with Crippen LogP contribution in [0.15, 0.2) is 54.6 Å². The van der Waals surface area contributed by atoms with Crippen LogP contribution in [0.3, 0.4) is 0 Å². The minimum absolute atomic E-state index is 0.0412. The number of carbonyl (C=O) groups excluding carboxylic acids is 1. The quantitative estimate of drug-likeness (QED) is 0.534. The number of rotatable bonds is 11. The van der Waals surface area contributed by atoms with E-state index in [-0.39, 0.29) is 5.91 Å². The second-order valence-electron chi connectivity index (χ2n) is 9.03. The Bertz CT molecular complexity index is 831. The molecule has 0 bridgehead atoms. The highest BCUT2D eigenvalue weighted by Gasteiger charge is 2.30. The Kier molecular flexibility index (Phi) is 10.2. The van der Waals surface area contributed by atoms with Gasteiger partial charge in [-0.15, -0.1) is 0 Å². The zero-order valence-corrected chi connectivity index (χ0v) is 20.9. The molecule has 1 fully saturated rings. The summed E-state index contributed by atoms with van der Waals surface area (Å²) in [4.78, 5) is 20.1. The maximum absolute atomic E-state index is 13.0. The van der Waals surface area contributed by atoms with E-state index in [9.17, 15) is 4.79 Å². The summed E-state index contributed by atoms with van der Waals surface area (Å²) in [6.07, 6.45) is 2.86. The summed E-state index contributed by atoms with van der Waals surface area (Å²) in [5, 5.41) is 0.694. The van der Waals surface area contributed by atoms with Gasteiger partial charge in [0.1, 0.15) is 0 Å². The molecule has 6 heteroatoms. The summed E-state index contributed by atoms with van der Waals surface area (Å²) in [6.45, 7) is 10.9. The molecule has 2 aromatic carbocycles. The third-order valence-electron chi connectivity index (χ3n) is 6.45. The van der Waals surface area contributed by atoms with Crippen LogP contribution in [0.25, 0.3) is 0 Å². The van der Waals surface area contributed by atoms with E-state index in [4.69, 9.17) is 17.3 Å². The fourth-order valence-corrected chi connectivity index (χ4v) is 4.85. The van der Waals surface area contributed by atoms with Gasteiger partial charge in [0.15, 0.2) is 0 Å². The first kappa shape index (κ1) is 25.7. The van der Waals surface area contributed by atoms with E-state index in [1.54, 1.807) is 0 Å². The summed E-state index contributed by atoms with van der Waals surface area (Å²) in [7, 11) is 0. The molecule has 2 unspecified atom stereocenters. The molecule has 1 amide bonds. The molecule has 180 valence electrons. The molecule has 2 N–H and O–H groups in total. The normalized spacial score (nSPS) is 16.7. The van der Waals surface area contributed by atoms with Crippen LogP contribution in [-0.4, -0.2) is 72.5 Å². The van der Waals surface area contributed by atoms with Gasteiger partial charge in [-0.05, 0) is 55.6 Å². The van der Waals surface area contributed by atoms with Gasteiger partial charge < -0.3 is 15.5 Å². The van der Waals surface area contributed by atoms with Gasteiger partial charge in [0.2, 0.25) is 5.91 Å². The molecule has 1 saturated heterocycles. The molecule has 1 aliphatic rings. The molecular formula is C27H39ClN4O. The van der Waals surface area contributed by atoms with Crippen molar-refractivity contribution in [1.29, 1.82) is 0 Å². The molecule has 2 aromatic rings. The van der Waals surface area contributed by atoms with Crippen LogP contribution in [0.4, 0.5) is 0 Å². The fourth-order valence-electron chi connectivity index (χ4n) is 4.73. The van der Waals surface area contributed by atoms with Gasteiger partial charge in [0.05, 0.1) is 6.04 Å². The van der Waals surface area contributed by atoms with Crippen molar-refractivity contribution in [3.05, 3.63) is 70.7 Å². The number of hydrogen-bond acceptors (Lipinski definition) is 4. The van der Waals surface area contributed by atoms with Crippen molar-refractivity contribution in [2.75, 3.05) is 45.8 Å². The summed E-state index contributed by atoms with van der Waals surface area (Å²) in [6, 6.07) is 18.2. The van der Waals surface area contributed by atoms with Gasteiger partial charge in [-0.25, -0.2) is 0 Å². The topological polar surface area (TPSA) is 52.8 Å². The molecule has 0 spiro atoms. The Balaban J connectivity index is 1.61. The largest absolute Gasteiger partial charge is 0.339 e. The molecule has 3 rings (SSSR count). The summed E-state index contributed by atoms with van der Waals surface area (Å²) in [5.74, 6) is 0.0412. The number of hydrogen-bond donors (Lipinski definition) is 1. The lowest BCUT2D eigenvalue weighted by molar-refractivity contribution is -0.134. The Morgan fingerprint density at radius 3 is 2.15 bits per heavy atom. The van der Waals surface area contributed by atoms with Crippen molar-refractivity contribution in [3.63, 3.8) is 0 Å². The lowest BCUT2D eigenvalue weighted by Crippen LogP contribution is -2.55. The van der Waals surface area contributed by atoms with E-state index >= 15 is 0 Å². The smallest absolute Gasteiger partial charge is 0.239 e.